The molecule has 1 aliphatic rings. The second kappa shape index (κ2) is 12.2. The summed E-state index contributed by atoms with van der Waals surface area (Å²) in [4.78, 5) is 23.7. The highest BCUT2D eigenvalue weighted by atomic mass is 127. The molecule has 0 saturated carbocycles. The molecule has 1 atom stereocenters. The Labute approximate surface area is 199 Å². The van der Waals surface area contributed by atoms with E-state index in [1.165, 1.54) is 16.0 Å². The Balaban J connectivity index is 0.00000320. The van der Waals surface area contributed by atoms with Crippen LogP contribution in [0, 0.1) is 12.8 Å². The molecule has 1 aliphatic heterocycles. The van der Waals surface area contributed by atoms with E-state index in [9.17, 15) is 4.79 Å². The fraction of sp³-hybridized carbons (Fsp3) is 0.476. The number of carbonyl (C=O) groups is 1. The first-order chi connectivity index (χ1) is 14.0. The zero-order chi connectivity index (χ0) is 20.6. The van der Waals surface area contributed by atoms with Crippen molar-refractivity contribution >= 4 is 47.2 Å². The molecule has 1 unspecified atom stereocenters. The van der Waals surface area contributed by atoms with Gasteiger partial charge < -0.3 is 16.4 Å². The number of thiazole rings is 1. The summed E-state index contributed by atoms with van der Waals surface area (Å²) >= 11 is 1.68. The molecule has 0 bridgehead atoms. The number of primary amides is 1. The van der Waals surface area contributed by atoms with Crippen molar-refractivity contribution in [1.82, 2.24) is 20.5 Å². The number of nitrogens with one attached hydrogen (secondary N) is 2. The summed E-state index contributed by atoms with van der Waals surface area (Å²) in [5.41, 5.74) is 7.94. The van der Waals surface area contributed by atoms with Gasteiger partial charge in [0.05, 0.1) is 12.5 Å². The maximum Gasteiger partial charge on any atom is 0.221 e. The third kappa shape index (κ3) is 7.51. The molecule has 4 N–H and O–H groups in total. The predicted molar refractivity (Wildman–Crippen MR) is 133 cm³/mol. The summed E-state index contributed by atoms with van der Waals surface area (Å²) in [6, 6.07) is 8.53. The van der Waals surface area contributed by atoms with Crippen LogP contribution in [0.5, 0.6) is 0 Å². The van der Waals surface area contributed by atoms with E-state index in [1.807, 2.05) is 6.20 Å². The minimum Gasteiger partial charge on any atom is -0.369 e. The van der Waals surface area contributed by atoms with Gasteiger partial charge in [-0.1, -0.05) is 24.3 Å². The Hall–Kier alpha value is -1.72. The lowest BCUT2D eigenvalue weighted by atomic mass is 9.97. The molecule has 1 saturated heterocycles. The van der Waals surface area contributed by atoms with Crippen molar-refractivity contribution in [2.75, 3.05) is 20.1 Å². The third-order valence-electron chi connectivity index (χ3n) is 5.07. The van der Waals surface area contributed by atoms with E-state index < -0.39 is 0 Å². The number of amides is 1. The molecule has 164 valence electrons. The average Bonchev–Trinajstić information content (AvgIpc) is 3.14. The van der Waals surface area contributed by atoms with E-state index in [0.717, 1.165) is 43.4 Å². The lowest BCUT2D eigenvalue weighted by Gasteiger charge is -2.31. The predicted octanol–water partition coefficient (Wildman–Crippen LogP) is 2.63. The summed E-state index contributed by atoms with van der Waals surface area (Å²) in [5, 5.41) is 7.70. The SMILES string of the molecule is CN=C(NCc1cccc(CN2CCCC(C(N)=O)C2)c1)NCc1ncc(C)s1.I. The second-order valence-corrected chi connectivity index (χ2v) is 8.76. The third-order valence-corrected chi connectivity index (χ3v) is 5.98. The second-order valence-electron chi connectivity index (χ2n) is 7.44. The molecule has 1 amide bonds. The number of nitrogens with two attached hydrogens (primary N) is 1. The minimum absolute atomic E-state index is 0. The van der Waals surface area contributed by atoms with Gasteiger partial charge >= 0.3 is 0 Å². The summed E-state index contributed by atoms with van der Waals surface area (Å²) in [5.74, 6) is 0.549. The van der Waals surface area contributed by atoms with E-state index in [0.29, 0.717) is 13.1 Å². The first kappa shape index (κ1) is 24.5. The first-order valence-electron chi connectivity index (χ1n) is 9.99. The highest BCUT2D eigenvalue weighted by molar-refractivity contribution is 14.0. The molecule has 0 aliphatic carbocycles. The van der Waals surface area contributed by atoms with Crippen LogP contribution in [-0.2, 0) is 24.4 Å². The van der Waals surface area contributed by atoms with Gasteiger partial charge in [0.15, 0.2) is 5.96 Å². The Bertz CT molecular complexity index is 856. The van der Waals surface area contributed by atoms with Crippen molar-refractivity contribution in [3.05, 3.63) is 51.5 Å². The molecule has 1 fully saturated rings. The lowest BCUT2D eigenvalue weighted by molar-refractivity contribution is -0.123. The van der Waals surface area contributed by atoms with Crippen molar-refractivity contribution in [3.63, 3.8) is 0 Å². The molecule has 1 aromatic heterocycles. The molecular weight excluding hydrogens is 511 g/mol. The van der Waals surface area contributed by atoms with Crippen molar-refractivity contribution in [2.24, 2.45) is 16.6 Å². The van der Waals surface area contributed by atoms with Gasteiger partial charge in [0.25, 0.3) is 0 Å². The van der Waals surface area contributed by atoms with Crippen LogP contribution in [0.2, 0.25) is 0 Å². The van der Waals surface area contributed by atoms with Crippen LogP contribution in [-0.4, -0.2) is 41.9 Å². The highest BCUT2D eigenvalue weighted by Crippen LogP contribution is 2.18. The maximum absolute atomic E-state index is 11.5. The monoisotopic (exact) mass is 542 g/mol. The molecule has 1 aromatic carbocycles. The number of nitrogens with zero attached hydrogens (tertiary/aromatic N) is 3. The molecule has 3 rings (SSSR count). The van der Waals surface area contributed by atoms with Gasteiger partial charge in [-0.15, -0.1) is 35.3 Å². The number of hydrogen-bond acceptors (Lipinski definition) is 5. The number of hydrogen-bond donors (Lipinski definition) is 3. The van der Waals surface area contributed by atoms with Gasteiger partial charge in [0, 0.05) is 37.8 Å². The number of aromatic nitrogens is 1. The zero-order valence-electron chi connectivity index (χ0n) is 17.6. The number of carbonyl (C=O) groups excluding carboxylic acids is 1. The number of guanidine groups is 1. The van der Waals surface area contributed by atoms with Gasteiger partial charge in [-0.2, -0.15) is 0 Å². The van der Waals surface area contributed by atoms with Crippen LogP contribution in [0.4, 0.5) is 0 Å². The first-order valence-corrected chi connectivity index (χ1v) is 10.8. The summed E-state index contributed by atoms with van der Waals surface area (Å²) in [6.45, 7) is 6.01. The van der Waals surface area contributed by atoms with E-state index in [1.54, 1.807) is 18.4 Å². The minimum atomic E-state index is -0.181. The fourth-order valence-electron chi connectivity index (χ4n) is 3.58. The molecule has 2 heterocycles. The van der Waals surface area contributed by atoms with Gasteiger partial charge in [-0.25, -0.2) is 4.98 Å². The lowest BCUT2D eigenvalue weighted by Crippen LogP contribution is -2.40. The number of rotatable bonds is 7. The van der Waals surface area contributed by atoms with Crippen LogP contribution >= 0.6 is 35.3 Å². The molecule has 9 heteroatoms. The number of aryl methyl sites for hydroxylation is 1. The number of halogens is 1. The molecule has 0 spiro atoms. The molecular formula is C21H31IN6OS. The van der Waals surface area contributed by atoms with Crippen LogP contribution in [0.1, 0.15) is 33.9 Å². The Morgan fingerprint density at radius 3 is 2.80 bits per heavy atom. The number of benzene rings is 1. The van der Waals surface area contributed by atoms with Gasteiger partial charge in [-0.3, -0.25) is 14.7 Å². The van der Waals surface area contributed by atoms with E-state index in [4.69, 9.17) is 5.73 Å². The fourth-order valence-corrected chi connectivity index (χ4v) is 4.30. The van der Waals surface area contributed by atoms with E-state index in [-0.39, 0.29) is 35.8 Å². The van der Waals surface area contributed by atoms with Crippen molar-refractivity contribution < 1.29 is 4.79 Å². The van der Waals surface area contributed by atoms with Gasteiger partial charge in [0.1, 0.15) is 5.01 Å². The van der Waals surface area contributed by atoms with Crippen LogP contribution < -0.4 is 16.4 Å². The van der Waals surface area contributed by atoms with Gasteiger partial charge in [0.2, 0.25) is 5.91 Å². The van der Waals surface area contributed by atoms with E-state index in [2.05, 4.69) is 56.7 Å². The molecule has 2 aromatic rings. The average molecular weight is 542 g/mol. The Morgan fingerprint density at radius 1 is 1.33 bits per heavy atom. The number of aliphatic imine (C=N–C) groups is 1. The standard InChI is InChI=1S/C21H30N6OS.HI/c1-15-10-24-19(29-15)12-26-21(23-2)25-11-16-5-3-6-17(9-16)13-27-8-4-7-18(14-27)20(22)28;/h3,5-6,9-10,18H,4,7-8,11-14H2,1-2H3,(H2,22,28)(H2,23,25,26);1H. The summed E-state index contributed by atoms with van der Waals surface area (Å²) < 4.78 is 0. The van der Waals surface area contributed by atoms with Crippen molar-refractivity contribution in [2.45, 2.75) is 39.4 Å². The maximum atomic E-state index is 11.5. The normalized spacial score (nSPS) is 17.3. The number of likely N-dealkylation sites (tertiary alicyclic amines) is 1. The molecule has 30 heavy (non-hydrogen) atoms. The largest absolute Gasteiger partial charge is 0.369 e. The quantitative estimate of drug-likeness (QED) is 0.284. The van der Waals surface area contributed by atoms with Crippen LogP contribution in [0.15, 0.2) is 35.5 Å². The topological polar surface area (TPSA) is 95.6 Å². The summed E-state index contributed by atoms with van der Waals surface area (Å²) in [6.07, 6.45) is 3.81. The smallest absolute Gasteiger partial charge is 0.221 e. The Kier molecular flexibility index (Phi) is 9.99. The molecule has 0 radical (unpaired) electrons. The Morgan fingerprint density at radius 2 is 2.10 bits per heavy atom. The molecule has 7 nitrogen and oxygen atoms in total. The van der Waals surface area contributed by atoms with Crippen LogP contribution in [0.3, 0.4) is 0 Å². The van der Waals surface area contributed by atoms with E-state index >= 15 is 0 Å². The van der Waals surface area contributed by atoms with Crippen molar-refractivity contribution in [1.29, 1.82) is 0 Å². The highest BCUT2D eigenvalue weighted by Gasteiger charge is 2.23. The number of piperidine rings is 1. The van der Waals surface area contributed by atoms with Crippen molar-refractivity contribution in [3.8, 4) is 0 Å². The summed E-state index contributed by atoms with van der Waals surface area (Å²) in [7, 11) is 1.77. The van der Waals surface area contributed by atoms with Crippen LogP contribution in [0.25, 0.3) is 0 Å². The zero-order valence-corrected chi connectivity index (χ0v) is 20.7. The van der Waals surface area contributed by atoms with Gasteiger partial charge in [-0.05, 0) is 37.4 Å².